The summed E-state index contributed by atoms with van der Waals surface area (Å²) in [7, 11) is 0. The van der Waals surface area contributed by atoms with Crippen molar-refractivity contribution in [3.8, 4) is 0 Å². The zero-order valence-electron chi connectivity index (χ0n) is 7.84. The molecule has 0 radical (unpaired) electrons. The van der Waals surface area contributed by atoms with Gasteiger partial charge in [-0.25, -0.2) is 0 Å². The molecule has 0 fully saturated rings. The molecule has 0 bridgehead atoms. The minimum Gasteiger partial charge on any atom is -0.392 e. The van der Waals surface area contributed by atoms with Crippen molar-refractivity contribution in [3.63, 3.8) is 0 Å². The number of rotatable bonds is 3. The van der Waals surface area contributed by atoms with Crippen LogP contribution in [0.4, 0.5) is 5.69 Å². The van der Waals surface area contributed by atoms with Crippen molar-refractivity contribution in [2.24, 2.45) is 0 Å². The van der Waals surface area contributed by atoms with Crippen molar-refractivity contribution in [2.45, 2.75) is 20.0 Å². The summed E-state index contributed by atoms with van der Waals surface area (Å²) in [5.74, 6) is 0. The highest BCUT2D eigenvalue weighted by Crippen LogP contribution is 2.16. The summed E-state index contributed by atoms with van der Waals surface area (Å²) in [6.45, 7) is 4.45. The van der Waals surface area contributed by atoms with Crippen LogP contribution >= 0.6 is 22.6 Å². The minimum atomic E-state index is -0.307. The number of aliphatic hydroxyl groups is 1. The van der Waals surface area contributed by atoms with Gasteiger partial charge < -0.3 is 10.4 Å². The van der Waals surface area contributed by atoms with E-state index in [9.17, 15) is 0 Å². The van der Waals surface area contributed by atoms with Gasteiger partial charge in [-0.05, 0) is 54.1 Å². The Morgan fingerprint density at radius 2 is 2.23 bits per heavy atom. The first kappa shape index (κ1) is 10.8. The lowest BCUT2D eigenvalue weighted by atomic mass is 10.2. The number of anilines is 1. The monoisotopic (exact) mass is 291 g/mol. The third-order valence-electron chi connectivity index (χ3n) is 1.77. The van der Waals surface area contributed by atoms with E-state index >= 15 is 0 Å². The van der Waals surface area contributed by atoms with Crippen LogP contribution in [0.3, 0.4) is 0 Å². The first-order valence-electron chi connectivity index (χ1n) is 4.27. The molecule has 2 nitrogen and oxygen atoms in total. The second-order valence-electron chi connectivity index (χ2n) is 3.19. The van der Waals surface area contributed by atoms with Gasteiger partial charge in [0.15, 0.2) is 0 Å². The van der Waals surface area contributed by atoms with Gasteiger partial charge in [0.1, 0.15) is 0 Å². The average molecular weight is 291 g/mol. The van der Waals surface area contributed by atoms with Crippen LogP contribution < -0.4 is 5.32 Å². The van der Waals surface area contributed by atoms with Gasteiger partial charge in [0.2, 0.25) is 0 Å². The van der Waals surface area contributed by atoms with Crippen LogP contribution in [0.2, 0.25) is 0 Å². The van der Waals surface area contributed by atoms with E-state index < -0.39 is 0 Å². The highest BCUT2D eigenvalue weighted by atomic mass is 127. The molecule has 1 aromatic carbocycles. The van der Waals surface area contributed by atoms with Crippen LogP contribution in [0, 0.1) is 10.5 Å². The van der Waals surface area contributed by atoms with Crippen molar-refractivity contribution >= 4 is 28.3 Å². The fourth-order valence-electron chi connectivity index (χ4n) is 0.968. The van der Waals surface area contributed by atoms with Crippen molar-refractivity contribution in [2.75, 3.05) is 11.9 Å². The van der Waals surface area contributed by atoms with Gasteiger partial charge in [-0.15, -0.1) is 0 Å². The molecule has 0 aliphatic heterocycles. The molecule has 0 aliphatic rings. The Labute approximate surface area is 92.5 Å². The predicted molar refractivity (Wildman–Crippen MR) is 64.1 cm³/mol. The highest BCUT2D eigenvalue weighted by Gasteiger charge is 1.98. The third kappa shape index (κ3) is 3.52. The quantitative estimate of drug-likeness (QED) is 0.838. The molecule has 0 spiro atoms. The highest BCUT2D eigenvalue weighted by molar-refractivity contribution is 14.1. The number of hydrogen-bond donors (Lipinski definition) is 2. The molecule has 1 aromatic rings. The van der Waals surface area contributed by atoms with E-state index in [-0.39, 0.29) is 6.10 Å². The van der Waals surface area contributed by atoms with E-state index in [1.807, 2.05) is 6.07 Å². The average Bonchev–Trinajstić information content (AvgIpc) is 2.07. The minimum absolute atomic E-state index is 0.307. The number of aliphatic hydroxyl groups excluding tert-OH is 1. The summed E-state index contributed by atoms with van der Waals surface area (Å²) < 4.78 is 1.24. The van der Waals surface area contributed by atoms with Gasteiger partial charge in [-0.3, -0.25) is 0 Å². The van der Waals surface area contributed by atoms with Crippen LogP contribution in [-0.2, 0) is 0 Å². The van der Waals surface area contributed by atoms with E-state index in [4.69, 9.17) is 5.11 Å². The van der Waals surface area contributed by atoms with Crippen LogP contribution in [-0.4, -0.2) is 17.8 Å². The van der Waals surface area contributed by atoms with Gasteiger partial charge in [0.05, 0.1) is 6.10 Å². The fourth-order valence-corrected chi connectivity index (χ4v) is 1.48. The molecule has 1 rings (SSSR count). The molecule has 0 saturated carbocycles. The van der Waals surface area contributed by atoms with Gasteiger partial charge in [-0.2, -0.15) is 0 Å². The van der Waals surface area contributed by atoms with Crippen LogP contribution in [0.1, 0.15) is 12.5 Å². The smallest absolute Gasteiger partial charge is 0.0684 e. The Balaban J connectivity index is 2.63. The molecule has 0 saturated heterocycles. The number of halogens is 1. The topological polar surface area (TPSA) is 32.3 Å². The molecule has 0 unspecified atom stereocenters. The zero-order chi connectivity index (χ0) is 9.84. The van der Waals surface area contributed by atoms with Gasteiger partial charge >= 0.3 is 0 Å². The van der Waals surface area contributed by atoms with E-state index in [0.29, 0.717) is 6.54 Å². The molecular formula is C10H14INO. The maximum absolute atomic E-state index is 9.07. The molecule has 3 heteroatoms. The Morgan fingerprint density at radius 3 is 2.77 bits per heavy atom. The second kappa shape index (κ2) is 4.81. The number of aryl methyl sites for hydroxylation is 1. The molecule has 0 aliphatic carbocycles. The summed E-state index contributed by atoms with van der Waals surface area (Å²) in [6.07, 6.45) is -0.307. The van der Waals surface area contributed by atoms with E-state index in [1.165, 1.54) is 9.13 Å². The fraction of sp³-hybridized carbons (Fsp3) is 0.400. The van der Waals surface area contributed by atoms with Gasteiger partial charge in [0.25, 0.3) is 0 Å². The standard InChI is InChI=1S/C10H14INO/c1-7-3-4-9(5-10(7)11)12-6-8(2)13/h3-5,8,12-13H,6H2,1-2H3/t8-/m0/s1. The summed E-state index contributed by atoms with van der Waals surface area (Å²) in [6, 6.07) is 6.18. The Morgan fingerprint density at radius 1 is 1.54 bits per heavy atom. The number of benzene rings is 1. The number of nitrogens with one attached hydrogen (secondary N) is 1. The Kier molecular flexibility index (Phi) is 3.99. The van der Waals surface area contributed by atoms with Crippen molar-refractivity contribution in [1.82, 2.24) is 0 Å². The summed E-state index contributed by atoms with van der Waals surface area (Å²) in [5.41, 5.74) is 2.35. The predicted octanol–water partition coefficient (Wildman–Crippen LogP) is 2.39. The lowest BCUT2D eigenvalue weighted by Gasteiger charge is -2.09. The van der Waals surface area contributed by atoms with E-state index in [0.717, 1.165) is 5.69 Å². The van der Waals surface area contributed by atoms with Crippen molar-refractivity contribution in [3.05, 3.63) is 27.3 Å². The van der Waals surface area contributed by atoms with Gasteiger partial charge in [-0.1, -0.05) is 6.07 Å². The molecule has 2 N–H and O–H groups in total. The van der Waals surface area contributed by atoms with Crippen LogP contribution in [0.25, 0.3) is 0 Å². The molecular weight excluding hydrogens is 277 g/mol. The second-order valence-corrected chi connectivity index (χ2v) is 4.36. The first-order chi connectivity index (χ1) is 6.09. The molecule has 1 atom stereocenters. The summed E-state index contributed by atoms with van der Waals surface area (Å²) in [4.78, 5) is 0. The summed E-state index contributed by atoms with van der Waals surface area (Å²) in [5, 5.41) is 12.2. The third-order valence-corrected chi connectivity index (χ3v) is 2.94. The Bertz CT molecular complexity index is 286. The van der Waals surface area contributed by atoms with E-state index in [2.05, 4.69) is 47.0 Å². The first-order valence-corrected chi connectivity index (χ1v) is 5.35. The lowest BCUT2D eigenvalue weighted by Crippen LogP contribution is -2.15. The molecule has 0 amide bonds. The lowest BCUT2D eigenvalue weighted by molar-refractivity contribution is 0.208. The van der Waals surface area contributed by atoms with Crippen molar-refractivity contribution < 1.29 is 5.11 Å². The maximum atomic E-state index is 9.07. The van der Waals surface area contributed by atoms with Crippen LogP contribution in [0.5, 0.6) is 0 Å². The number of hydrogen-bond acceptors (Lipinski definition) is 2. The van der Waals surface area contributed by atoms with Crippen molar-refractivity contribution in [1.29, 1.82) is 0 Å². The normalized spacial score (nSPS) is 12.6. The maximum Gasteiger partial charge on any atom is 0.0684 e. The largest absolute Gasteiger partial charge is 0.392 e. The molecule has 72 valence electrons. The summed E-state index contributed by atoms with van der Waals surface area (Å²) >= 11 is 2.30. The zero-order valence-corrected chi connectivity index (χ0v) is 10.00. The SMILES string of the molecule is Cc1ccc(NC[C@H](C)O)cc1I. The van der Waals surface area contributed by atoms with Gasteiger partial charge in [0, 0.05) is 15.8 Å². The molecule has 0 heterocycles. The van der Waals surface area contributed by atoms with Crippen LogP contribution in [0.15, 0.2) is 18.2 Å². The molecule has 13 heavy (non-hydrogen) atoms. The molecule has 0 aromatic heterocycles. The Hall–Kier alpha value is -0.290. The van der Waals surface area contributed by atoms with E-state index in [1.54, 1.807) is 6.92 Å².